The second-order valence-corrected chi connectivity index (χ2v) is 7.64. The minimum Gasteiger partial charge on any atom is -0.388 e. The summed E-state index contributed by atoms with van der Waals surface area (Å²) < 4.78 is 0. The molecule has 4 aliphatic rings. The fourth-order valence-corrected chi connectivity index (χ4v) is 5.62. The van der Waals surface area contributed by atoms with Gasteiger partial charge >= 0.3 is 0 Å². The van der Waals surface area contributed by atoms with Gasteiger partial charge in [-0.2, -0.15) is 0 Å². The van der Waals surface area contributed by atoms with Gasteiger partial charge in [0, 0.05) is 19.5 Å². The summed E-state index contributed by atoms with van der Waals surface area (Å²) in [6.45, 7) is 0.553. The summed E-state index contributed by atoms with van der Waals surface area (Å²) in [5.41, 5.74) is -0.590. The van der Waals surface area contributed by atoms with E-state index < -0.39 is 5.60 Å². The smallest absolute Gasteiger partial charge is 0.226 e. The van der Waals surface area contributed by atoms with Gasteiger partial charge in [0.15, 0.2) is 0 Å². The molecule has 106 valence electrons. The van der Waals surface area contributed by atoms with E-state index in [1.165, 1.54) is 19.3 Å². The normalized spacial score (nSPS) is 45.3. The van der Waals surface area contributed by atoms with Crippen LogP contribution in [0.2, 0.25) is 0 Å². The topological polar surface area (TPSA) is 40.5 Å². The summed E-state index contributed by atoms with van der Waals surface area (Å²) in [7, 11) is 1.90. The number of aliphatic hydroxyl groups is 1. The summed E-state index contributed by atoms with van der Waals surface area (Å²) in [5.74, 6) is 3.78. The summed E-state index contributed by atoms with van der Waals surface area (Å²) in [5, 5.41) is 10.4. The Labute approximate surface area is 115 Å². The molecule has 0 spiro atoms. The molecule has 0 saturated heterocycles. The second-order valence-electron chi connectivity index (χ2n) is 7.64. The molecule has 0 heterocycles. The van der Waals surface area contributed by atoms with Crippen molar-refractivity contribution in [2.75, 3.05) is 13.6 Å². The number of fused-ring (bicyclic) bond motifs is 5. The van der Waals surface area contributed by atoms with Gasteiger partial charge < -0.3 is 10.0 Å². The Morgan fingerprint density at radius 2 is 1.79 bits per heavy atom. The van der Waals surface area contributed by atoms with E-state index in [0.717, 1.165) is 37.5 Å². The molecule has 1 amide bonds. The van der Waals surface area contributed by atoms with Gasteiger partial charge in [-0.1, -0.05) is 12.8 Å². The summed E-state index contributed by atoms with van der Waals surface area (Å²) in [4.78, 5) is 14.4. The van der Waals surface area contributed by atoms with Crippen LogP contribution in [0.5, 0.6) is 0 Å². The van der Waals surface area contributed by atoms with Crippen molar-refractivity contribution in [2.24, 2.45) is 29.6 Å². The first-order valence-corrected chi connectivity index (χ1v) is 8.06. The lowest BCUT2D eigenvalue weighted by molar-refractivity contribution is -0.135. The van der Waals surface area contributed by atoms with Crippen molar-refractivity contribution < 1.29 is 9.90 Å². The SMILES string of the molecule is CN(CC1(O)CCCC1)C(=O)C1C2C3CCC(C3)C12. The van der Waals surface area contributed by atoms with Gasteiger partial charge in [0.1, 0.15) is 0 Å². The van der Waals surface area contributed by atoms with Crippen molar-refractivity contribution in [3.8, 4) is 0 Å². The third-order valence-corrected chi connectivity index (χ3v) is 6.46. The molecule has 0 aromatic rings. The van der Waals surface area contributed by atoms with Crippen LogP contribution in [0, 0.1) is 29.6 Å². The molecule has 4 atom stereocenters. The van der Waals surface area contributed by atoms with Crippen LogP contribution in [-0.4, -0.2) is 35.1 Å². The van der Waals surface area contributed by atoms with Crippen LogP contribution in [0.3, 0.4) is 0 Å². The van der Waals surface area contributed by atoms with E-state index in [9.17, 15) is 9.90 Å². The zero-order valence-corrected chi connectivity index (χ0v) is 11.8. The lowest BCUT2D eigenvalue weighted by atomic mass is 9.99. The number of hydrogen-bond donors (Lipinski definition) is 1. The number of hydrogen-bond acceptors (Lipinski definition) is 2. The average Bonchev–Trinajstić information content (AvgIpc) is 2.73. The third kappa shape index (κ3) is 1.77. The number of carbonyl (C=O) groups is 1. The van der Waals surface area contributed by atoms with Crippen LogP contribution >= 0.6 is 0 Å². The van der Waals surface area contributed by atoms with Crippen LogP contribution in [0.1, 0.15) is 44.9 Å². The Balaban J connectivity index is 1.39. The molecule has 1 N–H and O–H groups in total. The first kappa shape index (κ1) is 12.2. The van der Waals surface area contributed by atoms with Crippen LogP contribution in [0.15, 0.2) is 0 Å². The maximum Gasteiger partial charge on any atom is 0.226 e. The van der Waals surface area contributed by atoms with E-state index >= 15 is 0 Å². The summed E-state index contributed by atoms with van der Waals surface area (Å²) in [6, 6.07) is 0. The minimum atomic E-state index is -0.590. The van der Waals surface area contributed by atoms with Crippen molar-refractivity contribution in [3.05, 3.63) is 0 Å². The highest BCUT2D eigenvalue weighted by Gasteiger charge is 2.67. The Morgan fingerprint density at radius 3 is 2.37 bits per heavy atom. The van der Waals surface area contributed by atoms with E-state index in [1.807, 2.05) is 11.9 Å². The predicted molar refractivity (Wildman–Crippen MR) is 72.4 cm³/mol. The lowest BCUT2D eigenvalue weighted by Crippen LogP contribution is -2.43. The van der Waals surface area contributed by atoms with E-state index in [4.69, 9.17) is 0 Å². The molecule has 19 heavy (non-hydrogen) atoms. The first-order valence-electron chi connectivity index (χ1n) is 8.06. The van der Waals surface area contributed by atoms with Crippen LogP contribution in [0.4, 0.5) is 0 Å². The highest BCUT2D eigenvalue weighted by Crippen LogP contribution is 2.69. The number of rotatable bonds is 3. The molecule has 0 aromatic heterocycles. The van der Waals surface area contributed by atoms with Gasteiger partial charge in [-0.15, -0.1) is 0 Å². The average molecular weight is 263 g/mol. The van der Waals surface area contributed by atoms with Crippen LogP contribution < -0.4 is 0 Å². The van der Waals surface area contributed by atoms with Gasteiger partial charge in [-0.25, -0.2) is 0 Å². The minimum absolute atomic E-state index is 0.321. The fourth-order valence-electron chi connectivity index (χ4n) is 5.62. The van der Waals surface area contributed by atoms with Crippen molar-refractivity contribution >= 4 is 5.91 Å². The Kier molecular flexibility index (Phi) is 2.55. The number of nitrogens with zero attached hydrogens (tertiary/aromatic N) is 1. The standard InChI is InChI=1S/C16H25NO2/c1-17(9-16(19)6-2-3-7-16)15(18)14-12-10-4-5-11(8-10)13(12)14/h10-14,19H,2-9H2,1H3. The molecule has 0 aromatic carbocycles. The molecule has 4 rings (SSSR count). The highest BCUT2D eigenvalue weighted by molar-refractivity contribution is 5.82. The zero-order chi connectivity index (χ0) is 13.2. The molecular formula is C16H25NO2. The molecule has 4 fully saturated rings. The molecule has 0 aliphatic heterocycles. The van der Waals surface area contributed by atoms with Crippen LogP contribution in [-0.2, 0) is 4.79 Å². The van der Waals surface area contributed by atoms with Crippen LogP contribution in [0.25, 0.3) is 0 Å². The number of carbonyl (C=O) groups excluding carboxylic acids is 1. The molecular weight excluding hydrogens is 238 g/mol. The highest BCUT2D eigenvalue weighted by atomic mass is 16.3. The molecule has 4 saturated carbocycles. The molecule has 4 unspecified atom stereocenters. The van der Waals surface area contributed by atoms with Crippen molar-refractivity contribution in [1.82, 2.24) is 4.90 Å². The van der Waals surface area contributed by atoms with E-state index in [-0.39, 0.29) is 0 Å². The first-order chi connectivity index (χ1) is 9.09. The van der Waals surface area contributed by atoms with Gasteiger partial charge in [-0.3, -0.25) is 4.79 Å². The van der Waals surface area contributed by atoms with Gasteiger partial charge in [0.2, 0.25) is 5.91 Å². The van der Waals surface area contributed by atoms with Gasteiger partial charge in [0.05, 0.1) is 5.60 Å². The Hall–Kier alpha value is -0.570. The Bertz CT molecular complexity index is 386. The number of likely N-dealkylation sites (N-methyl/N-ethyl adjacent to an activating group) is 1. The zero-order valence-electron chi connectivity index (χ0n) is 11.8. The molecule has 3 nitrogen and oxygen atoms in total. The van der Waals surface area contributed by atoms with E-state index in [0.29, 0.717) is 30.2 Å². The molecule has 3 heteroatoms. The van der Waals surface area contributed by atoms with Gasteiger partial charge in [0.25, 0.3) is 0 Å². The van der Waals surface area contributed by atoms with Crippen molar-refractivity contribution in [3.63, 3.8) is 0 Å². The largest absolute Gasteiger partial charge is 0.388 e. The summed E-state index contributed by atoms with van der Waals surface area (Å²) in [6.07, 6.45) is 8.08. The maximum absolute atomic E-state index is 12.6. The maximum atomic E-state index is 12.6. The quantitative estimate of drug-likeness (QED) is 0.846. The van der Waals surface area contributed by atoms with Crippen molar-refractivity contribution in [2.45, 2.75) is 50.5 Å². The Morgan fingerprint density at radius 1 is 1.21 bits per heavy atom. The molecule has 0 radical (unpaired) electrons. The second kappa shape index (κ2) is 3.97. The third-order valence-electron chi connectivity index (χ3n) is 6.46. The monoisotopic (exact) mass is 263 g/mol. The lowest BCUT2D eigenvalue weighted by Gasteiger charge is -2.29. The van der Waals surface area contributed by atoms with Crippen molar-refractivity contribution in [1.29, 1.82) is 0 Å². The fraction of sp³-hybridized carbons (Fsp3) is 0.938. The van der Waals surface area contributed by atoms with E-state index in [1.54, 1.807) is 0 Å². The predicted octanol–water partition coefficient (Wildman–Crippen LogP) is 2.04. The molecule has 4 aliphatic carbocycles. The number of amides is 1. The summed E-state index contributed by atoms with van der Waals surface area (Å²) >= 11 is 0. The molecule has 2 bridgehead atoms. The van der Waals surface area contributed by atoms with E-state index in [2.05, 4.69) is 0 Å². The van der Waals surface area contributed by atoms with Gasteiger partial charge in [-0.05, 0) is 55.8 Å².